The molecule has 5 rings (SSSR count). The van der Waals surface area contributed by atoms with Crippen LogP contribution in [0.4, 0.5) is 0 Å². The predicted molar refractivity (Wildman–Crippen MR) is 105 cm³/mol. The van der Waals surface area contributed by atoms with E-state index in [0.717, 1.165) is 11.6 Å². The van der Waals surface area contributed by atoms with Crippen LogP contribution in [0.3, 0.4) is 0 Å². The molecule has 0 unspecified atom stereocenters. The molecule has 0 amide bonds. The molecule has 0 radical (unpaired) electrons. The summed E-state index contributed by atoms with van der Waals surface area (Å²) in [5.74, 6) is 0.975. The van der Waals surface area contributed by atoms with Gasteiger partial charge in [0.15, 0.2) is 0 Å². The third-order valence-corrected chi connectivity index (χ3v) is 6.62. The summed E-state index contributed by atoms with van der Waals surface area (Å²) in [6.45, 7) is 4.34. The van der Waals surface area contributed by atoms with E-state index in [9.17, 15) is 0 Å². The van der Waals surface area contributed by atoms with Crippen LogP contribution in [0.25, 0.3) is 22.0 Å². The number of hydrogen-bond acceptors (Lipinski definition) is 1. The number of hydrogen-bond donors (Lipinski definition) is 0. The van der Waals surface area contributed by atoms with Crippen molar-refractivity contribution in [3.63, 3.8) is 0 Å². The van der Waals surface area contributed by atoms with Gasteiger partial charge in [-0.05, 0) is 92.5 Å². The highest BCUT2D eigenvalue weighted by Gasteiger charge is 2.45. The van der Waals surface area contributed by atoms with Gasteiger partial charge in [0.05, 0.1) is 5.69 Å². The molecule has 2 fully saturated rings. The highest BCUT2D eigenvalue weighted by molar-refractivity contribution is 5.95. The van der Waals surface area contributed by atoms with Gasteiger partial charge in [0.1, 0.15) is 0 Å². The van der Waals surface area contributed by atoms with E-state index < -0.39 is 0 Å². The number of pyridine rings is 1. The summed E-state index contributed by atoms with van der Waals surface area (Å²) < 4.78 is 0. The molecule has 2 bridgehead atoms. The van der Waals surface area contributed by atoms with E-state index in [1.54, 1.807) is 5.56 Å². The lowest BCUT2D eigenvalue weighted by atomic mass is 9.77. The molecule has 0 atom stereocenters. The third-order valence-electron chi connectivity index (χ3n) is 6.62. The summed E-state index contributed by atoms with van der Waals surface area (Å²) in [5.41, 5.74) is 6.99. The van der Waals surface area contributed by atoms with E-state index >= 15 is 0 Å². The Balaban J connectivity index is 1.70. The summed E-state index contributed by atoms with van der Waals surface area (Å²) in [6, 6.07) is 16.1. The summed E-state index contributed by atoms with van der Waals surface area (Å²) in [4.78, 5) is 4.79. The third kappa shape index (κ3) is 2.40. The molecule has 126 valence electrons. The van der Waals surface area contributed by atoms with Gasteiger partial charge in [-0.15, -0.1) is 0 Å². The summed E-state index contributed by atoms with van der Waals surface area (Å²) in [7, 11) is 0. The summed E-state index contributed by atoms with van der Waals surface area (Å²) >= 11 is 0. The van der Waals surface area contributed by atoms with Crippen LogP contribution in [0.1, 0.15) is 48.8 Å². The van der Waals surface area contributed by atoms with Crippen molar-refractivity contribution < 1.29 is 0 Å². The topological polar surface area (TPSA) is 12.9 Å². The first-order valence-electron chi connectivity index (χ1n) is 9.61. The average Bonchev–Trinajstić information content (AvgIpc) is 3.22. The maximum atomic E-state index is 4.79. The Hall–Kier alpha value is -2.15. The molecule has 0 aliphatic heterocycles. The van der Waals surface area contributed by atoms with E-state index in [1.807, 2.05) is 6.20 Å². The lowest BCUT2D eigenvalue weighted by Gasteiger charge is -2.27. The van der Waals surface area contributed by atoms with Gasteiger partial charge in [0.2, 0.25) is 0 Å². The van der Waals surface area contributed by atoms with Crippen LogP contribution in [0.5, 0.6) is 0 Å². The zero-order valence-corrected chi connectivity index (χ0v) is 15.2. The van der Waals surface area contributed by atoms with Gasteiger partial charge in [0, 0.05) is 17.1 Å². The average molecular weight is 327 g/mol. The number of aryl methyl sites for hydroxylation is 2. The number of fused-ring (bicyclic) bond motifs is 3. The van der Waals surface area contributed by atoms with Crippen LogP contribution < -0.4 is 0 Å². The molecule has 2 saturated carbocycles. The van der Waals surface area contributed by atoms with E-state index in [0.29, 0.717) is 5.41 Å². The maximum Gasteiger partial charge on any atom is 0.0780 e. The van der Waals surface area contributed by atoms with Crippen molar-refractivity contribution in [2.75, 3.05) is 0 Å². The van der Waals surface area contributed by atoms with Crippen molar-refractivity contribution in [3.8, 4) is 11.3 Å². The van der Waals surface area contributed by atoms with Crippen molar-refractivity contribution >= 4 is 10.8 Å². The fourth-order valence-electron chi connectivity index (χ4n) is 5.44. The van der Waals surface area contributed by atoms with Gasteiger partial charge < -0.3 is 0 Å². The molecule has 2 aliphatic carbocycles. The second-order valence-corrected chi connectivity index (χ2v) is 8.40. The van der Waals surface area contributed by atoms with Gasteiger partial charge >= 0.3 is 0 Å². The van der Waals surface area contributed by atoms with Crippen molar-refractivity contribution in [2.24, 2.45) is 5.92 Å². The van der Waals surface area contributed by atoms with Crippen molar-refractivity contribution in [1.29, 1.82) is 0 Å². The predicted octanol–water partition coefficient (Wildman–Crippen LogP) is 6.35. The minimum absolute atomic E-state index is 0.453. The zero-order chi connectivity index (χ0) is 17.0. The Morgan fingerprint density at radius 2 is 1.68 bits per heavy atom. The molecule has 1 aromatic heterocycles. The lowest BCUT2D eigenvalue weighted by Crippen LogP contribution is -2.19. The molecule has 0 saturated heterocycles. The molecule has 3 aromatic rings. The van der Waals surface area contributed by atoms with Gasteiger partial charge in [-0.3, -0.25) is 4.98 Å². The van der Waals surface area contributed by atoms with Crippen molar-refractivity contribution in [1.82, 2.24) is 4.98 Å². The molecule has 1 heteroatoms. The number of benzene rings is 2. The van der Waals surface area contributed by atoms with Crippen LogP contribution in [0.15, 0.2) is 48.7 Å². The first-order valence-corrected chi connectivity index (χ1v) is 9.61. The van der Waals surface area contributed by atoms with Crippen LogP contribution in [-0.2, 0) is 5.41 Å². The van der Waals surface area contributed by atoms with Gasteiger partial charge in [-0.2, -0.15) is 0 Å². The second kappa shape index (κ2) is 5.42. The Morgan fingerprint density at radius 1 is 0.920 bits per heavy atom. The molecule has 25 heavy (non-hydrogen) atoms. The Kier molecular flexibility index (Phi) is 3.28. The fraction of sp³-hybridized carbons (Fsp3) is 0.375. The summed E-state index contributed by atoms with van der Waals surface area (Å²) in [5, 5.41) is 2.62. The highest BCUT2D eigenvalue weighted by Crippen LogP contribution is 2.55. The zero-order valence-electron chi connectivity index (χ0n) is 15.2. The largest absolute Gasteiger partial charge is 0.256 e. The number of nitrogens with zero attached hydrogens (tertiary/aromatic N) is 1. The Bertz CT molecular complexity index is 941. The molecule has 0 spiro atoms. The van der Waals surface area contributed by atoms with Crippen molar-refractivity contribution in [2.45, 2.75) is 51.4 Å². The van der Waals surface area contributed by atoms with E-state index in [1.165, 1.54) is 59.6 Å². The Labute approximate surface area is 150 Å². The van der Waals surface area contributed by atoms with Crippen LogP contribution in [0, 0.1) is 19.8 Å². The minimum atomic E-state index is 0.453. The fourth-order valence-corrected chi connectivity index (χ4v) is 5.44. The molecular weight excluding hydrogens is 302 g/mol. The van der Waals surface area contributed by atoms with Gasteiger partial charge in [-0.25, -0.2) is 0 Å². The second-order valence-electron chi connectivity index (χ2n) is 8.40. The summed E-state index contributed by atoms with van der Waals surface area (Å²) in [6.07, 6.45) is 8.96. The molecule has 2 aromatic carbocycles. The van der Waals surface area contributed by atoms with Crippen LogP contribution in [-0.4, -0.2) is 4.98 Å². The van der Waals surface area contributed by atoms with Crippen molar-refractivity contribution in [3.05, 3.63) is 65.4 Å². The smallest absolute Gasteiger partial charge is 0.0780 e. The monoisotopic (exact) mass is 327 g/mol. The number of aromatic nitrogens is 1. The molecule has 1 nitrogen and oxygen atoms in total. The molecule has 0 N–H and O–H groups in total. The standard InChI is InChI=1S/C24H25N/c1-16-11-17(2)13-20(12-16)23-22-14-21(4-3-19(22)7-10-25-23)24-8-5-18(15-24)6-9-24/h3-4,7,10-14,18H,5-6,8-9,15H2,1-2H3. The molecule has 2 aliphatic rings. The van der Waals surface area contributed by atoms with E-state index in [2.05, 4.69) is 56.3 Å². The number of rotatable bonds is 2. The normalized spacial score (nSPS) is 25.0. The molecular formula is C24H25N. The van der Waals surface area contributed by atoms with Crippen LogP contribution in [0.2, 0.25) is 0 Å². The maximum absolute atomic E-state index is 4.79. The Morgan fingerprint density at radius 3 is 2.36 bits per heavy atom. The van der Waals surface area contributed by atoms with Crippen LogP contribution >= 0.6 is 0 Å². The first-order chi connectivity index (χ1) is 12.1. The highest BCUT2D eigenvalue weighted by atomic mass is 14.7. The van der Waals surface area contributed by atoms with E-state index in [-0.39, 0.29) is 0 Å². The quantitative estimate of drug-likeness (QED) is 0.534. The van der Waals surface area contributed by atoms with Gasteiger partial charge in [0.25, 0.3) is 0 Å². The molecule has 1 heterocycles. The minimum Gasteiger partial charge on any atom is -0.256 e. The van der Waals surface area contributed by atoms with Gasteiger partial charge in [-0.1, -0.05) is 29.3 Å². The lowest BCUT2D eigenvalue weighted by molar-refractivity contribution is 0.419. The van der Waals surface area contributed by atoms with E-state index in [4.69, 9.17) is 4.98 Å². The first kappa shape index (κ1) is 15.1. The SMILES string of the molecule is Cc1cc(C)cc(-c2nccc3ccc(C45CCC(CC4)C5)cc23)c1.